The SMILES string of the molecule is c1ccc(N(c2ccc(-c3ccc4sc5c(ccc6c5ccc5c6c6cccc7c8ccccc8n5c76)c4c3)cc2)c2ccc3ccccc3c2)cc1. The topological polar surface area (TPSA) is 7.65 Å². The maximum atomic E-state index is 2.47. The van der Waals surface area contributed by atoms with Crippen molar-refractivity contribution in [3.8, 4) is 11.1 Å². The van der Waals surface area contributed by atoms with Gasteiger partial charge in [0.05, 0.1) is 16.6 Å². The van der Waals surface area contributed by atoms with Crippen LogP contribution in [0.5, 0.6) is 0 Å². The van der Waals surface area contributed by atoms with Crippen molar-refractivity contribution < 1.29 is 0 Å². The Morgan fingerprint density at radius 2 is 1.06 bits per heavy atom. The predicted molar refractivity (Wildman–Crippen MR) is 229 cm³/mol. The molecular weight excluding hydrogens is 661 g/mol. The van der Waals surface area contributed by atoms with Crippen LogP contribution in [0.3, 0.4) is 0 Å². The molecule has 0 saturated carbocycles. The molecule has 53 heavy (non-hydrogen) atoms. The van der Waals surface area contributed by atoms with Crippen LogP contribution in [-0.4, -0.2) is 4.40 Å². The third-order valence-corrected chi connectivity index (χ3v) is 12.5. The number of anilines is 3. The van der Waals surface area contributed by atoms with Gasteiger partial charge >= 0.3 is 0 Å². The number of fused-ring (bicyclic) bond motifs is 13. The van der Waals surface area contributed by atoms with E-state index < -0.39 is 0 Å². The van der Waals surface area contributed by atoms with Crippen LogP contribution in [0.1, 0.15) is 0 Å². The van der Waals surface area contributed by atoms with E-state index in [4.69, 9.17) is 0 Å². The molecule has 0 N–H and O–H groups in total. The molecule has 0 atom stereocenters. The highest BCUT2D eigenvalue weighted by atomic mass is 32.1. The van der Waals surface area contributed by atoms with Crippen LogP contribution >= 0.6 is 11.3 Å². The second kappa shape index (κ2) is 10.9. The van der Waals surface area contributed by atoms with Crippen molar-refractivity contribution in [1.82, 2.24) is 4.40 Å². The Hall–Kier alpha value is -6.68. The van der Waals surface area contributed by atoms with Crippen molar-refractivity contribution in [1.29, 1.82) is 0 Å². The van der Waals surface area contributed by atoms with Gasteiger partial charge in [0.1, 0.15) is 0 Å². The molecule has 0 fully saturated rings. The fourth-order valence-electron chi connectivity index (χ4n) is 8.89. The Bertz CT molecular complexity index is 3390. The Morgan fingerprint density at radius 3 is 1.96 bits per heavy atom. The number of rotatable bonds is 4. The minimum Gasteiger partial charge on any atom is -0.310 e. The first kappa shape index (κ1) is 29.0. The third-order valence-electron chi connectivity index (χ3n) is 11.3. The quantitative estimate of drug-likeness (QED) is 0.178. The minimum absolute atomic E-state index is 1.13. The van der Waals surface area contributed by atoms with Gasteiger partial charge in [-0.3, -0.25) is 0 Å². The molecule has 3 aromatic heterocycles. The first-order valence-corrected chi connectivity index (χ1v) is 19.0. The third kappa shape index (κ3) is 4.14. The van der Waals surface area contributed by atoms with E-state index in [2.05, 4.69) is 191 Å². The zero-order valence-electron chi connectivity index (χ0n) is 28.6. The van der Waals surface area contributed by atoms with Crippen molar-refractivity contribution in [2.75, 3.05) is 4.90 Å². The second-order valence-electron chi connectivity index (χ2n) is 14.1. The highest BCUT2D eigenvalue weighted by Gasteiger charge is 2.20. The second-order valence-corrected chi connectivity index (χ2v) is 15.2. The van der Waals surface area contributed by atoms with Gasteiger partial charge in [-0.25, -0.2) is 0 Å². The summed E-state index contributed by atoms with van der Waals surface area (Å²) >= 11 is 1.91. The normalized spacial score (nSPS) is 12.2. The van der Waals surface area contributed by atoms with Crippen molar-refractivity contribution in [2.24, 2.45) is 0 Å². The van der Waals surface area contributed by atoms with E-state index in [1.165, 1.54) is 90.9 Å². The van der Waals surface area contributed by atoms with Crippen LogP contribution in [-0.2, 0) is 0 Å². The Morgan fingerprint density at radius 1 is 0.377 bits per heavy atom. The smallest absolute Gasteiger partial charge is 0.0620 e. The van der Waals surface area contributed by atoms with Crippen molar-refractivity contribution in [2.45, 2.75) is 0 Å². The molecular formula is C50H30N2S. The van der Waals surface area contributed by atoms with Crippen LogP contribution in [0, 0.1) is 0 Å². The molecule has 0 aliphatic heterocycles. The number of benzene rings is 9. The first-order chi connectivity index (χ1) is 26.3. The van der Waals surface area contributed by atoms with Gasteiger partial charge in [0, 0.05) is 64.2 Å². The van der Waals surface area contributed by atoms with Gasteiger partial charge in [0.25, 0.3) is 0 Å². The molecule has 3 heteroatoms. The molecule has 0 bridgehead atoms. The van der Waals surface area contributed by atoms with Crippen LogP contribution < -0.4 is 4.90 Å². The largest absolute Gasteiger partial charge is 0.310 e. The summed E-state index contributed by atoms with van der Waals surface area (Å²) in [5, 5.41) is 13.1. The summed E-state index contributed by atoms with van der Waals surface area (Å²) in [6.45, 7) is 0. The molecule has 12 rings (SSSR count). The van der Waals surface area contributed by atoms with E-state index in [0.29, 0.717) is 0 Å². The molecule has 0 radical (unpaired) electrons. The van der Waals surface area contributed by atoms with Crippen LogP contribution in [0.2, 0.25) is 0 Å². The molecule has 0 spiro atoms. The zero-order valence-corrected chi connectivity index (χ0v) is 29.4. The number of hydrogen-bond donors (Lipinski definition) is 0. The number of nitrogens with zero attached hydrogens (tertiary/aromatic N) is 2. The molecule has 0 aliphatic rings. The Labute approximate surface area is 309 Å². The maximum Gasteiger partial charge on any atom is 0.0620 e. The summed E-state index contributed by atoms with van der Waals surface area (Å²) < 4.78 is 5.15. The predicted octanol–water partition coefficient (Wildman–Crippen LogP) is 14.6. The van der Waals surface area contributed by atoms with Crippen molar-refractivity contribution in [3.05, 3.63) is 182 Å². The summed E-state index contributed by atoms with van der Waals surface area (Å²) in [5.74, 6) is 0. The fraction of sp³-hybridized carbons (Fsp3) is 0. The lowest BCUT2D eigenvalue weighted by molar-refractivity contribution is 1.29. The average Bonchev–Trinajstić information content (AvgIpc) is 3.89. The summed E-state index contributed by atoms with van der Waals surface area (Å²) in [6.07, 6.45) is 0. The molecule has 9 aromatic carbocycles. The molecule has 0 unspecified atom stereocenters. The number of thiophene rings is 1. The lowest BCUT2D eigenvalue weighted by Gasteiger charge is -2.26. The van der Waals surface area contributed by atoms with Crippen LogP contribution in [0.4, 0.5) is 17.1 Å². The summed E-state index contributed by atoms with van der Waals surface area (Å²) in [5.41, 5.74) is 9.73. The standard InChI is InChI=1S/C50H30N2S/c1-2-11-35(12-3-1)51(37-23-19-31-9-4-5-10-33(31)29-37)36-21-17-32(18-22-36)34-20-28-47-44(30-34)42-25-24-39-41(50(42)53-47)26-27-46-48(39)43-15-8-14-40-38-13-6-7-16-45(38)52(46)49(40)43/h1-30H. The summed E-state index contributed by atoms with van der Waals surface area (Å²) in [4.78, 5) is 2.34. The van der Waals surface area contributed by atoms with E-state index in [9.17, 15) is 0 Å². The highest BCUT2D eigenvalue weighted by molar-refractivity contribution is 7.26. The first-order valence-electron chi connectivity index (χ1n) is 18.2. The Kier molecular flexibility index (Phi) is 5.96. The molecule has 0 aliphatic carbocycles. The Balaban J connectivity index is 0.975. The molecule has 0 saturated heterocycles. The van der Waals surface area contributed by atoms with Crippen molar-refractivity contribution in [3.63, 3.8) is 0 Å². The monoisotopic (exact) mass is 690 g/mol. The molecule has 2 nitrogen and oxygen atoms in total. The summed E-state index contributed by atoms with van der Waals surface area (Å²) in [7, 11) is 0. The lowest BCUT2D eigenvalue weighted by atomic mass is 9.99. The van der Waals surface area contributed by atoms with Crippen molar-refractivity contribution >= 4 is 108 Å². The molecule has 3 heterocycles. The van der Waals surface area contributed by atoms with Gasteiger partial charge in [-0.1, -0.05) is 121 Å². The fourth-order valence-corrected chi connectivity index (χ4v) is 10.1. The summed E-state index contributed by atoms with van der Waals surface area (Å²) in [6, 6.07) is 66.9. The average molecular weight is 691 g/mol. The van der Waals surface area contributed by atoms with Gasteiger partial charge in [-0.05, 0) is 87.9 Å². The zero-order chi connectivity index (χ0) is 34.6. The van der Waals surface area contributed by atoms with E-state index in [-0.39, 0.29) is 0 Å². The minimum atomic E-state index is 1.13. The number of para-hydroxylation sites is 3. The van der Waals surface area contributed by atoms with Gasteiger partial charge in [0.15, 0.2) is 0 Å². The maximum absolute atomic E-state index is 2.47. The van der Waals surface area contributed by atoms with Crippen LogP contribution in [0.25, 0.3) is 90.9 Å². The van der Waals surface area contributed by atoms with Gasteiger partial charge in [0.2, 0.25) is 0 Å². The van der Waals surface area contributed by atoms with Gasteiger partial charge in [-0.15, -0.1) is 11.3 Å². The van der Waals surface area contributed by atoms with E-state index in [1.807, 2.05) is 11.3 Å². The molecule has 12 aromatic rings. The van der Waals surface area contributed by atoms with E-state index in [0.717, 1.165) is 17.1 Å². The van der Waals surface area contributed by atoms with Gasteiger partial charge < -0.3 is 9.30 Å². The van der Waals surface area contributed by atoms with Gasteiger partial charge in [-0.2, -0.15) is 0 Å². The lowest BCUT2D eigenvalue weighted by Crippen LogP contribution is -2.09. The highest BCUT2D eigenvalue weighted by Crippen LogP contribution is 2.46. The van der Waals surface area contributed by atoms with E-state index in [1.54, 1.807) is 0 Å². The molecule has 0 amide bonds. The molecule has 246 valence electrons. The van der Waals surface area contributed by atoms with Crippen LogP contribution in [0.15, 0.2) is 182 Å². The number of hydrogen-bond acceptors (Lipinski definition) is 2. The number of aromatic nitrogens is 1. The van der Waals surface area contributed by atoms with E-state index >= 15 is 0 Å².